The van der Waals surface area contributed by atoms with Gasteiger partial charge in [0.15, 0.2) is 0 Å². The van der Waals surface area contributed by atoms with Gasteiger partial charge in [-0.1, -0.05) is 13.3 Å². The van der Waals surface area contributed by atoms with Gasteiger partial charge in [0.05, 0.1) is 6.54 Å². The van der Waals surface area contributed by atoms with E-state index in [2.05, 4.69) is 10.1 Å². The van der Waals surface area contributed by atoms with Gasteiger partial charge in [-0.2, -0.15) is 0 Å². The first-order valence-electron chi connectivity index (χ1n) is 4.99. The van der Waals surface area contributed by atoms with Crippen molar-refractivity contribution in [1.82, 2.24) is 5.32 Å². The van der Waals surface area contributed by atoms with Gasteiger partial charge in [-0.05, 0) is 12.5 Å². The fourth-order valence-corrected chi connectivity index (χ4v) is 1.07. The molecule has 1 unspecified atom stereocenters. The van der Waals surface area contributed by atoms with E-state index in [4.69, 9.17) is 11.5 Å². The van der Waals surface area contributed by atoms with Crippen LogP contribution in [0.3, 0.4) is 0 Å². The first kappa shape index (κ1) is 13.7. The predicted molar refractivity (Wildman–Crippen MR) is 56.0 cm³/mol. The Morgan fingerprint density at radius 2 is 2.13 bits per heavy atom. The Morgan fingerprint density at radius 1 is 1.47 bits per heavy atom. The van der Waals surface area contributed by atoms with Crippen LogP contribution in [0.25, 0.3) is 0 Å². The van der Waals surface area contributed by atoms with E-state index in [0.29, 0.717) is 13.0 Å². The van der Waals surface area contributed by atoms with Crippen molar-refractivity contribution in [3.8, 4) is 0 Å². The summed E-state index contributed by atoms with van der Waals surface area (Å²) in [6.07, 6.45) is 0.447. The maximum atomic E-state index is 11.3. The molecule has 1 atom stereocenters. The van der Waals surface area contributed by atoms with E-state index in [1.54, 1.807) is 0 Å². The Hall–Kier alpha value is -1.30. The zero-order valence-corrected chi connectivity index (χ0v) is 8.99. The Bertz CT molecular complexity index is 205. The molecular formula is C9H19N3O3. The number of rotatable bonds is 7. The molecule has 0 spiro atoms. The molecule has 0 aromatic rings. The van der Waals surface area contributed by atoms with Crippen LogP contribution >= 0.6 is 0 Å². The molecule has 15 heavy (non-hydrogen) atoms. The molecule has 0 saturated carbocycles. The number of ether oxygens (including phenoxy) is 1. The lowest BCUT2D eigenvalue weighted by molar-refractivity contribution is -0.122. The van der Waals surface area contributed by atoms with E-state index in [1.165, 1.54) is 0 Å². The number of nitrogens with one attached hydrogen (secondary N) is 1. The second kappa shape index (κ2) is 8.05. The summed E-state index contributed by atoms with van der Waals surface area (Å²) in [5.74, 6) is 0.127. The van der Waals surface area contributed by atoms with Crippen molar-refractivity contribution in [2.75, 3.05) is 19.7 Å². The molecule has 0 aromatic heterocycles. The smallest absolute Gasteiger partial charge is 0.404 e. The summed E-state index contributed by atoms with van der Waals surface area (Å²) in [4.78, 5) is 21.5. The van der Waals surface area contributed by atoms with E-state index in [9.17, 15) is 9.59 Å². The monoisotopic (exact) mass is 217 g/mol. The van der Waals surface area contributed by atoms with E-state index in [1.807, 2.05) is 6.92 Å². The number of amides is 2. The third kappa shape index (κ3) is 7.75. The summed E-state index contributed by atoms with van der Waals surface area (Å²) in [5, 5.41) is 2.61. The number of hydrogen-bond acceptors (Lipinski definition) is 4. The molecule has 0 rings (SSSR count). The third-order valence-corrected chi connectivity index (χ3v) is 2.05. The highest BCUT2D eigenvalue weighted by molar-refractivity contribution is 5.76. The highest BCUT2D eigenvalue weighted by atomic mass is 16.5. The topological polar surface area (TPSA) is 107 Å². The summed E-state index contributed by atoms with van der Waals surface area (Å²) >= 11 is 0. The first-order chi connectivity index (χ1) is 7.10. The molecule has 0 saturated heterocycles. The van der Waals surface area contributed by atoms with Crippen LogP contribution in [-0.2, 0) is 9.53 Å². The Labute approximate surface area is 89.3 Å². The summed E-state index contributed by atoms with van der Waals surface area (Å²) in [6.45, 7) is 2.87. The minimum atomic E-state index is -0.836. The van der Waals surface area contributed by atoms with E-state index in [0.717, 1.165) is 6.42 Å². The van der Waals surface area contributed by atoms with Crippen LogP contribution in [0.4, 0.5) is 4.79 Å². The highest BCUT2D eigenvalue weighted by Gasteiger charge is 2.09. The molecule has 5 N–H and O–H groups in total. The maximum absolute atomic E-state index is 11.3. The van der Waals surface area contributed by atoms with Crippen LogP contribution in [0, 0.1) is 5.92 Å². The van der Waals surface area contributed by atoms with Crippen LogP contribution < -0.4 is 16.8 Å². The van der Waals surface area contributed by atoms with Crippen molar-refractivity contribution >= 4 is 12.0 Å². The molecule has 0 radical (unpaired) electrons. The van der Waals surface area contributed by atoms with Crippen LogP contribution in [0.1, 0.15) is 19.8 Å². The quantitative estimate of drug-likeness (QED) is 0.503. The van der Waals surface area contributed by atoms with Gasteiger partial charge in [0.25, 0.3) is 0 Å². The molecule has 6 heteroatoms. The SMILES string of the molecule is CCC(CN)CC(=O)NCCOC(N)=O. The van der Waals surface area contributed by atoms with Crippen LogP contribution in [0.2, 0.25) is 0 Å². The maximum Gasteiger partial charge on any atom is 0.404 e. The van der Waals surface area contributed by atoms with Crippen LogP contribution in [-0.4, -0.2) is 31.7 Å². The van der Waals surface area contributed by atoms with Gasteiger partial charge in [0.2, 0.25) is 5.91 Å². The summed E-state index contributed by atoms with van der Waals surface area (Å²) in [6, 6.07) is 0. The third-order valence-electron chi connectivity index (χ3n) is 2.05. The van der Waals surface area contributed by atoms with Gasteiger partial charge >= 0.3 is 6.09 Å². The van der Waals surface area contributed by atoms with Crippen molar-refractivity contribution < 1.29 is 14.3 Å². The molecule has 0 aliphatic carbocycles. The van der Waals surface area contributed by atoms with Crippen LogP contribution in [0.15, 0.2) is 0 Å². The van der Waals surface area contributed by atoms with Gasteiger partial charge in [-0.15, -0.1) is 0 Å². The second-order valence-corrected chi connectivity index (χ2v) is 3.23. The van der Waals surface area contributed by atoms with Crippen LogP contribution in [0.5, 0.6) is 0 Å². The van der Waals surface area contributed by atoms with E-state index < -0.39 is 6.09 Å². The van der Waals surface area contributed by atoms with Crippen molar-refractivity contribution in [2.24, 2.45) is 17.4 Å². The summed E-state index contributed by atoms with van der Waals surface area (Å²) in [7, 11) is 0. The molecule has 2 amide bonds. The average Bonchev–Trinajstić information content (AvgIpc) is 2.20. The van der Waals surface area contributed by atoms with Crippen molar-refractivity contribution in [3.63, 3.8) is 0 Å². The fraction of sp³-hybridized carbons (Fsp3) is 0.778. The Morgan fingerprint density at radius 3 is 2.60 bits per heavy atom. The normalized spacial score (nSPS) is 11.9. The molecule has 0 aliphatic rings. The molecule has 0 aromatic carbocycles. The largest absolute Gasteiger partial charge is 0.448 e. The standard InChI is InChI=1S/C9H19N3O3/c1-2-7(6-10)5-8(13)12-3-4-15-9(11)14/h7H,2-6,10H2,1H3,(H2,11,14)(H,12,13). The molecule has 0 bridgehead atoms. The minimum absolute atomic E-state index is 0.0830. The number of nitrogens with two attached hydrogens (primary N) is 2. The van der Waals surface area contributed by atoms with Gasteiger partial charge in [0, 0.05) is 6.42 Å². The highest BCUT2D eigenvalue weighted by Crippen LogP contribution is 2.04. The van der Waals surface area contributed by atoms with Gasteiger partial charge in [-0.3, -0.25) is 4.79 Å². The van der Waals surface area contributed by atoms with Crippen molar-refractivity contribution in [2.45, 2.75) is 19.8 Å². The summed E-state index contributed by atoms with van der Waals surface area (Å²) in [5.41, 5.74) is 10.2. The lowest BCUT2D eigenvalue weighted by Crippen LogP contribution is -2.31. The van der Waals surface area contributed by atoms with E-state index in [-0.39, 0.29) is 25.0 Å². The van der Waals surface area contributed by atoms with Gasteiger partial charge < -0.3 is 21.5 Å². The summed E-state index contributed by atoms with van der Waals surface area (Å²) < 4.78 is 4.45. The van der Waals surface area contributed by atoms with Gasteiger partial charge in [-0.25, -0.2) is 4.79 Å². The van der Waals surface area contributed by atoms with Gasteiger partial charge in [0.1, 0.15) is 6.61 Å². The molecule has 0 heterocycles. The number of carbonyl (C=O) groups excluding carboxylic acids is 2. The van der Waals surface area contributed by atoms with Crippen molar-refractivity contribution in [1.29, 1.82) is 0 Å². The minimum Gasteiger partial charge on any atom is -0.448 e. The number of hydrogen-bond donors (Lipinski definition) is 3. The molecule has 88 valence electrons. The van der Waals surface area contributed by atoms with Crippen molar-refractivity contribution in [3.05, 3.63) is 0 Å². The zero-order chi connectivity index (χ0) is 11.7. The molecule has 0 fully saturated rings. The zero-order valence-electron chi connectivity index (χ0n) is 8.99. The Balaban J connectivity index is 3.52. The fourth-order valence-electron chi connectivity index (χ4n) is 1.07. The average molecular weight is 217 g/mol. The molecular weight excluding hydrogens is 198 g/mol. The predicted octanol–water partition coefficient (Wildman–Crippen LogP) is -0.427. The first-order valence-corrected chi connectivity index (χ1v) is 4.99. The Kier molecular flexibility index (Phi) is 7.35. The second-order valence-electron chi connectivity index (χ2n) is 3.23. The molecule has 0 aliphatic heterocycles. The number of primary amides is 1. The molecule has 6 nitrogen and oxygen atoms in total. The van der Waals surface area contributed by atoms with E-state index >= 15 is 0 Å². The number of carbonyl (C=O) groups is 2. The lowest BCUT2D eigenvalue weighted by Gasteiger charge is -2.11. The lowest BCUT2D eigenvalue weighted by atomic mass is 10.0.